The predicted molar refractivity (Wildman–Crippen MR) is 89.5 cm³/mol. The third-order valence-electron chi connectivity index (χ3n) is 4.04. The monoisotopic (exact) mass is 348 g/mol. The molecule has 0 unspecified atom stereocenters. The van der Waals surface area contributed by atoms with Crippen molar-refractivity contribution < 1.29 is 17.9 Å². The number of benzene rings is 1. The maximum atomic E-state index is 12.6. The molecule has 7 heteroatoms. The van der Waals surface area contributed by atoms with Gasteiger partial charge in [0.15, 0.2) is 0 Å². The molecule has 1 saturated heterocycles. The minimum atomic E-state index is -3.69. The molecule has 1 aromatic carbocycles. The molecule has 0 radical (unpaired) electrons. The molecule has 24 heavy (non-hydrogen) atoms. The van der Waals surface area contributed by atoms with E-state index in [2.05, 4.69) is 0 Å². The van der Waals surface area contributed by atoms with Gasteiger partial charge in [-0.3, -0.25) is 4.79 Å². The van der Waals surface area contributed by atoms with Gasteiger partial charge < -0.3 is 9.64 Å². The Bertz CT molecular complexity index is 840. The number of rotatable bonds is 3. The van der Waals surface area contributed by atoms with Crippen LogP contribution in [-0.2, 0) is 14.8 Å². The summed E-state index contributed by atoms with van der Waals surface area (Å²) in [5, 5.41) is 0. The van der Waals surface area contributed by atoms with E-state index in [-0.39, 0.29) is 16.9 Å². The minimum Gasteiger partial charge on any atom is -0.375 e. The van der Waals surface area contributed by atoms with Crippen LogP contribution in [0.1, 0.15) is 22.8 Å². The molecule has 0 aliphatic carbocycles. The number of carbonyl (C=O) groups is 1. The lowest BCUT2D eigenvalue weighted by atomic mass is 10.2. The Labute approximate surface area is 141 Å². The molecule has 6 nitrogen and oxygen atoms in total. The van der Waals surface area contributed by atoms with Crippen LogP contribution in [0.15, 0.2) is 47.6 Å². The van der Waals surface area contributed by atoms with Crippen LogP contribution in [-0.4, -0.2) is 49.0 Å². The minimum absolute atomic E-state index is 0.0129. The molecule has 1 aliphatic rings. The molecule has 2 heterocycles. The quantitative estimate of drug-likeness (QED) is 0.849. The lowest BCUT2D eigenvalue weighted by molar-refractivity contribution is -0.0124. The van der Waals surface area contributed by atoms with Crippen molar-refractivity contribution >= 4 is 15.9 Å². The average Bonchev–Trinajstić information content (AvgIpc) is 3.05. The molecular weight excluding hydrogens is 328 g/mol. The molecule has 0 spiro atoms. The summed E-state index contributed by atoms with van der Waals surface area (Å²) in [6.45, 7) is 5.32. The first-order valence-corrected chi connectivity index (χ1v) is 9.23. The van der Waals surface area contributed by atoms with Crippen molar-refractivity contribution in [1.82, 2.24) is 8.87 Å². The van der Waals surface area contributed by atoms with Crippen molar-refractivity contribution in [1.29, 1.82) is 0 Å². The number of ether oxygens (including phenoxy) is 1. The number of hydrogen-bond donors (Lipinski definition) is 0. The van der Waals surface area contributed by atoms with E-state index in [0.717, 1.165) is 9.54 Å². The molecule has 1 fully saturated rings. The Kier molecular flexibility index (Phi) is 4.47. The van der Waals surface area contributed by atoms with E-state index in [1.54, 1.807) is 29.2 Å². The number of aromatic nitrogens is 1. The fraction of sp³-hybridized carbons (Fsp3) is 0.353. The maximum absolute atomic E-state index is 12.6. The summed E-state index contributed by atoms with van der Waals surface area (Å²) in [6.07, 6.45) is 2.77. The molecule has 2 aromatic rings. The van der Waals surface area contributed by atoms with E-state index in [4.69, 9.17) is 4.74 Å². The number of aryl methyl sites for hydroxylation is 1. The summed E-state index contributed by atoms with van der Waals surface area (Å²) in [4.78, 5) is 14.4. The van der Waals surface area contributed by atoms with Gasteiger partial charge in [-0.15, -0.1) is 0 Å². The average molecular weight is 348 g/mol. The molecular formula is C17H20N2O4S. The summed E-state index contributed by atoms with van der Waals surface area (Å²) in [5.41, 5.74) is 1.35. The van der Waals surface area contributed by atoms with Crippen LogP contribution in [0, 0.1) is 6.92 Å². The highest BCUT2D eigenvalue weighted by Crippen LogP contribution is 2.17. The summed E-state index contributed by atoms with van der Waals surface area (Å²) in [7, 11) is -3.69. The third kappa shape index (κ3) is 3.22. The van der Waals surface area contributed by atoms with E-state index >= 15 is 0 Å². The van der Waals surface area contributed by atoms with Crippen LogP contribution < -0.4 is 0 Å². The zero-order chi connectivity index (χ0) is 17.3. The van der Waals surface area contributed by atoms with Gasteiger partial charge in [-0.05, 0) is 32.0 Å². The summed E-state index contributed by atoms with van der Waals surface area (Å²) < 4.78 is 31.8. The predicted octanol–water partition coefficient (Wildman–Crippen LogP) is 1.89. The second-order valence-corrected chi connectivity index (χ2v) is 7.82. The number of hydrogen-bond acceptors (Lipinski definition) is 4. The summed E-state index contributed by atoms with van der Waals surface area (Å²) in [6, 6.07) is 8.16. The molecule has 0 saturated carbocycles. The molecule has 3 rings (SSSR count). The van der Waals surface area contributed by atoms with E-state index in [0.29, 0.717) is 25.3 Å². The highest BCUT2D eigenvalue weighted by molar-refractivity contribution is 7.90. The fourth-order valence-electron chi connectivity index (χ4n) is 2.67. The number of carbonyl (C=O) groups excluding carboxylic acids is 1. The molecule has 1 aliphatic heterocycles. The number of amides is 1. The Balaban J connectivity index is 1.84. The molecule has 128 valence electrons. The van der Waals surface area contributed by atoms with Crippen LogP contribution in [0.25, 0.3) is 0 Å². The maximum Gasteiger partial charge on any atom is 0.267 e. The van der Waals surface area contributed by atoms with Crippen molar-refractivity contribution in [2.75, 3.05) is 19.7 Å². The van der Waals surface area contributed by atoms with Crippen molar-refractivity contribution in [3.8, 4) is 0 Å². The van der Waals surface area contributed by atoms with E-state index in [1.165, 1.54) is 18.5 Å². The largest absolute Gasteiger partial charge is 0.375 e. The van der Waals surface area contributed by atoms with Crippen molar-refractivity contribution in [3.05, 3.63) is 53.9 Å². The van der Waals surface area contributed by atoms with Gasteiger partial charge in [0.25, 0.3) is 15.9 Å². The molecule has 1 amide bonds. The van der Waals surface area contributed by atoms with Gasteiger partial charge in [0.05, 0.1) is 23.2 Å². The normalized spacial score (nSPS) is 18.6. The van der Waals surface area contributed by atoms with Gasteiger partial charge in [0.1, 0.15) is 0 Å². The fourth-order valence-corrected chi connectivity index (χ4v) is 3.87. The highest BCUT2D eigenvalue weighted by Gasteiger charge is 2.24. The van der Waals surface area contributed by atoms with Gasteiger partial charge in [-0.25, -0.2) is 12.4 Å². The smallest absolute Gasteiger partial charge is 0.267 e. The van der Waals surface area contributed by atoms with E-state index in [9.17, 15) is 13.2 Å². The first kappa shape index (κ1) is 16.7. The molecule has 0 N–H and O–H groups in total. The Morgan fingerprint density at radius 1 is 1.21 bits per heavy atom. The zero-order valence-electron chi connectivity index (χ0n) is 13.7. The van der Waals surface area contributed by atoms with Gasteiger partial charge in [0, 0.05) is 25.5 Å². The van der Waals surface area contributed by atoms with Crippen molar-refractivity contribution in [3.63, 3.8) is 0 Å². The Morgan fingerprint density at radius 2 is 1.92 bits per heavy atom. The zero-order valence-corrected chi connectivity index (χ0v) is 14.5. The van der Waals surface area contributed by atoms with Crippen LogP contribution in [0.4, 0.5) is 0 Å². The number of nitrogens with zero attached hydrogens (tertiary/aromatic N) is 2. The topological polar surface area (TPSA) is 68.6 Å². The Morgan fingerprint density at radius 3 is 2.58 bits per heavy atom. The second kappa shape index (κ2) is 6.41. The van der Waals surface area contributed by atoms with Crippen molar-refractivity contribution in [2.45, 2.75) is 24.8 Å². The lowest BCUT2D eigenvalue weighted by Gasteiger charge is -2.30. The molecule has 1 atom stereocenters. The first-order chi connectivity index (χ1) is 11.4. The second-order valence-electron chi connectivity index (χ2n) is 5.98. The van der Waals surface area contributed by atoms with Gasteiger partial charge in [-0.1, -0.05) is 17.7 Å². The van der Waals surface area contributed by atoms with Crippen LogP contribution >= 0.6 is 0 Å². The summed E-state index contributed by atoms with van der Waals surface area (Å²) in [5.74, 6) is -0.178. The summed E-state index contributed by atoms with van der Waals surface area (Å²) >= 11 is 0. The van der Waals surface area contributed by atoms with Gasteiger partial charge in [0.2, 0.25) is 0 Å². The highest BCUT2D eigenvalue weighted by atomic mass is 32.2. The van der Waals surface area contributed by atoms with Crippen molar-refractivity contribution in [2.24, 2.45) is 0 Å². The van der Waals surface area contributed by atoms with E-state index in [1.807, 2.05) is 13.8 Å². The van der Waals surface area contributed by atoms with Crippen LogP contribution in [0.2, 0.25) is 0 Å². The standard InChI is InChI=1S/C17H20N2O4S/c1-13-3-5-16(6-4-13)24(21,22)19-8-7-15(12-19)17(20)18-9-10-23-14(2)11-18/h3-8,12,14H,9-11H2,1-2H3/t14-/m1/s1. The lowest BCUT2D eigenvalue weighted by Crippen LogP contribution is -2.44. The third-order valence-corrected chi connectivity index (χ3v) is 5.69. The molecule has 0 bridgehead atoms. The number of morpholine rings is 1. The van der Waals surface area contributed by atoms with Gasteiger partial charge in [-0.2, -0.15) is 0 Å². The van der Waals surface area contributed by atoms with Gasteiger partial charge >= 0.3 is 0 Å². The van der Waals surface area contributed by atoms with E-state index < -0.39 is 10.0 Å². The first-order valence-electron chi connectivity index (χ1n) is 7.79. The van der Waals surface area contributed by atoms with Crippen LogP contribution in [0.3, 0.4) is 0 Å². The SMILES string of the molecule is Cc1ccc(S(=O)(=O)n2ccc(C(=O)N3CCO[C@H](C)C3)c2)cc1. The molecule has 1 aromatic heterocycles. The Hall–Kier alpha value is -2.12. The van der Waals surface area contributed by atoms with Crippen LogP contribution in [0.5, 0.6) is 0 Å².